The maximum Gasteiger partial charge on any atom is 1.00 e. The van der Waals surface area contributed by atoms with Gasteiger partial charge in [-0.3, -0.25) is 0 Å². The van der Waals surface area contributed by atoms with Gasteiger partial charge < -0.3 is 19.7 Å². The quantitative estimate of drug-likeness (QED) is 0.382. The zero-order valence-electron chi connectivity index (χ0n) is 5.53. The second-order valence-electron chi connectivity index (χ2n) is 1.70. The smallest absolute Gasteiger partial charge is 0.542 e. The summed E-state index contributed by atoms with van der Waals surface area (Å²) in [7, 11) is 0. The van der Waals surface area contributed by atoms with Gasteiger partial charge in [-0.25, -0.2) is 0 Å². The molecule has 0 saturated carbocycles. The van der Waals surface area contributed by atoms with Gasteiger partial charge in [0.1, 0.15) is 24.4 Å². The van der Waals surface area contributed by atoms with Gasteiger partial charge in [0.15, 0.2) is 0 Å². The first-order chi connectivity index (χ1) is 4.20. The molecule has 0 radical (unpaired) electrons. The van der Waals surface area contributed by atoms with Crippen molar-refractivity contribution in [2.75, 3.05) is 6.61 Å². The molecule has 1 rings (SSSR count). The van der Waals surface area contributed by atoms with Crippen molar-refractivity contribution < 1.29 is 49.3 Å². The standard InChI is InChI=1S/C5H6O4.Na/c6-3-1-4(5(7)8)9-2-3;/h1,3,6H,2H2,(H,7,8);/q;+1/p-1. The molecule has 0 bridgehead atoms. The van der Waals surface area contributed by atoms with Crippen LogP contribution in [0.2, 0.25) is 0 Å². The van der Waals surface area contributed by atoms with Gasteiger partial charge in [0.05, 0.1) is 0 Å². The van der Waals surface area contributed by atoms with Gasteiger partial charge in [0.2, 0.25) is 0 Å². The number of rotatable bonds is 1. The third kappa shape index (κ3) is 2.30. The van der Waals surface area contributed by atoms with Crippen molar-refractivity contribution >= 4 is 5.97 Å². The fraction of sp³-hybridized carbons (Fsp3) is 0.400. The molecule has 1 heterocycles. The summed E-state index contributed by atoms with van der Waals surface area (Å²) >= 11 is 0. The van der Waals surface area contributed by atoms with Gasteiger partial charge in [0.25, 0.3) is 0 Å². The molecule has 0 fully saturated rings. The molecular formula is C5H5NaO4. The van der Waals surface area contributed by atoms with Crippen LogP contribution in [-0.2, 0) is 9.53 Å². The van der Waals surface area contributed by atoms with Crippen molar-refractivity contribution in [3.8, 4) is 0 Å². The molecule has 1 unspecified atom stereocenters. The fourth-order valence-corrected chi connectivity index (χ4v) is 0.573. The van der Waals surface area contributed by atoms with Gasteiger partial charge >= 0.3 is 29.6 Å². The molecule has 5 heteroatoms. The molecule has 1 N–H and O–H groups in total. The Labute approximate surface area is 79.8 Å². The summed E-state index contributed by atoms with van der Waals surface area (Å²) in [6.07, 6.45) is 0.313. The molecular weight excluding hydrogens is 147 g/mol. The number of carbonyl (C=O) groups is 1. The van der Waals surface area contributed by atoms with Gasteiger partial charge in [0, 0.05) is 0 Å². The van der Waals surface area contributed by atoms with E-state index >= 15 is 0 Å². The van der Waals surface area contributed by atoms with E-state index in [0.29, 0.717) is 0 Å². The molecule has 0 aromatic carbocycles. The molecule has 0 aromatic heterocycles. The minimum Gasteiger partial charge on any atom is -0.542 e. The van der Waals surface area contributed by atoms with Crippen LogP contribution in [0.25, 0.3) is 0 Å². The van der Waals surface area contributed by atoms with E-state index in [4.69, 9.17) is 5.11 Å². The van der Waals surface area contributed by atoms with Crippen molar-refractivity contribution in [1.29, 1.82) is 0 Å². The van der Waals surface area contributed by atoms with Crippen LogP contribution in [-0.4, -0.2) is 23.8 Å². The first-order valence-corrected chi connectivity index (χ1v) is 2.44. The minimum absolute atomic E-state index is 0. The summed E-state index contributed by atoms with van der Waals surface area (Å²) in [6, 6.07) is 0. The molecule has 1 atom stereocenters. The third-order valence-corrected chi connectivity index (χ3v) is 0.955. The Balaban J connectivity index is 0.000000810. The number of carboxylic acids is 1. The van der Waals surface area contributed by atoms with E-state index in [1.54, 1.807) is 0 Å². The van der Waals surface area contributed by atoms with Crippen molar-refractivity contribution in [3.63, 3.8) is 0 Å². The van der Waals surface area contributed by atoms with Gasteiger partial charge in [-0.1, -0.05) is 0 Å². The van der Waals surface area contributed by atoms with E-state index in [0.717, 1.165) is 6.08 Å². The number of aliphatic carboxylic acids is 1. The third-order valence-electron chi connectivity index (χ3n) is 0.955. The molecule has 0 saturated heterocycles. The van der Waals surface area contributed by atoms with Gasteiger partial charge in [-0.2, -0.15) is 0 Å². The number of ether oxygens (including phenoxy) is 1. The maximum absolute atomic E-state index is 9.93. The molecule has 1 aliphatic heterocycles. The Morgan fingerprint density at radius 2 is 2.50 bits per heavy atom. The van der Waals surface area contributed by atoms with E-state index in [2.05, 4.69) is 4.74 Å². The van der Waals surface area contributed by atoms with Crippen LogP contribution in [0.1, 0.15) is 0 Å². The zero-order valence-corrected chi connectivity index (χ0v) is 7.53. The van der Waals surface area contributed by atoms with Gasteiger partial charge in [-0.15, -0.1) is 0 Å². The molecule has 0 aliphatic carbocycles. The molecule has 50 valence electrons. The second-order valence-corrected chi connectivity index (χ2v) is 1.70. The number of hydrogen-bond donors (Lipinski definition) is 1. The number of carboxylic acid groups (broad SMARTS) is 1. The van der Waals surface area contributed by atoms with E-state index in [-0.39, 0.29) is 41.9 Å². The van der Waals surface area contributed by atoms with Crippen molar-refractivity contribution in [2.24, 2.45) is 0 Å². The van der Waals surface area contributed by atoms with Crippen molar-refractivity contribution in [2.45, 2.75) is 6.10 Å². The summed E-state index contributed by atoms with van der Waals surface area (Å²) in [4.78, 5) is 9.93. The molecule has 0 spiro atoms. The predicted molar refractivity (Wildman–Crippen MR) is 25.0 cm³/mol. The maximum atomic E-state index is 9.93. The van der Waals surface area contributed by atoms with E-state index in [1.807, 2.05) is 0 Å². The molecule has 0 amide bonds. The molecule has 0 aromatic rings. The second kappa shape index (κ2) is 3.98. The Bertz CT molecular complexity index is 165. The van der Waals surface area contributed by atoms with Crippen LogP contribution < -0.4 is 34.7 Å². The number of hydrogen-bond acceptors (Lipinski definition) is 4. The summed E-state index contributed by atoms with van der Waals surface area (Å²) in [6.45, 7) is 0.0172. The van der Waals surface area contributed by atoms with Crippen LogP contribution in [0.5, 0.6) is 0 Å². The Morgan fingerprint density at radius 3 is 2.70 bits per heavy atom. The largest absolute Gasteiger partial charge is 1.00 e. The fourth-order valence-electron chi connectivity index (χ4n) is 0.573. The summed E-state index contributed by atoms with van der Waals surface area (Å²) in [5, 5.41) is 18.6. The average molecular weight is 152 g/mol. The topological polar surface area (TPSA) is 69.6 Å². The number of aliphatic hydroxyl groups excluding tert-OH is 1. The van der Waals surface area contributed by atoms with E-state index < -0.39 is 12.1 Å². The Hall–Kier alpha value is -0.0300. The van der Waals surface area contributed by atoms with Crippen LogP contribution in [0.3, 0.4) is 0 Å². The number of aliphatic hydroxyl groups is 1. The molecule has 10 heavy (non-hydrogen) atoms. The summed E-state index contributed by atoms with van der Waals surface area (Å²) in [5.41, 5.74) is 0. The van der Waals surface area contributed by atoms with E-state index in [1.165, 1.54) is 0 Å². The Morgan fingerprint density at radius 1 is 1.90 bits per heavy atom. The minimum atomic E-state index is -1.38. The van der Waals surface area contributed by atoms with Crippen molar-refractivity contribution in [1.82, 2.24) is 0 Å². The first-order valence-electron chi connectivity index (χ1n) is 2.44. The SMILES string of the molecule is O=C([O-])C1=CC(O)CO1.[Na+]. The molecule has 1 aliphatic rings. The van der Waals surface area contributed by atoms with Crippen LogP contribution >= 0.6 is 0 Å². The predicted octanol–water partition coefficient (Wildman–Crippen LogP) is -4.98. The van der Waals surface area contributed by atoms with Gasteiger partial charge in [-0.05, 0) is 6.08 Å². The van der Waals surface area contributed by atoms with Crippen LogP contribution in [0.4, 0.5) is 0 Å². The summed E-state index contributed by atoms with van der Waals surface area (Å²) in [5.74, 6) is -1.66. The summed E-state index contributed by atoms with van der Waals surface area (Å²) < 4.78 is 4.48. The van der Waals surface area contributed by atoms with Crippen LogP contribution in [0.15, 0.2) is 11.8 Å². The molecule has 4 nitrogen and oxygen atoms in total. The Kier molecular flexibility index (Phi) is 3.96. The van der Waals surface area contributed by atoms with Crippen molar-refractivity contribution in [3.05, 3.63) is 11.8 Å². The zero-order chi connectivity index (χ0) is 6.85. The monoisotopic (exact) mass is 152 g/mol. The van der Waals surface area contributed by atoms with Crippen LogP contribution in [0, 0.1) is 0 Å². The van der Waals surface area contributed by atoms with E-state index in [9.17, 15) is 9.90 Å². The average Bonchev–Trinajstić information content (AvgIpc) is 2.14. The number of carbonyl (C=O) groups excluding carboxylic acids is 1. The first kappa shape index (κ1) is 9.97. The normalized spacial score (nSPS) is 22.5.